The molecule has 99 heavy (non-hydrogen) atoms. The maximum absolute atomic E-state index is 14.9. The molecule has 26 N–H and O–H groups in total. The quantitative estimate of drug-likeness (QED) is 0.0168. The highest BCUT2D eigenvalue weighted by atomic mass is 16.3. The van der Waals surface area contributed by atoms with Crippen LogP contribution in [-0.4, -0.2) is 166 Å². The molecule has 546 valence electrons. The summed E-state index contributed by atoms with van der Waals surface area (Å²) in [6.07, 6.45) is -0.403. The number of phenols is 3. The van der Waals surface area contributed by atoms with E-state index in [2.05, 4.69) is 57.8 Å². The number of hydrogen-bond donors (Lipinski definition) is 19. The number of aliphatic imine (C=N–C) groups is 2. The van der Waals surface area contributed by atoms with Crippen LogP contribution in [0, 0.1) is 23.7 Å². The van der Waals surface area contributed by atoms with Gasteiger partial charge in [0, 0.05) is 25.9 Å². The molecule has 0 heterocycles. The van der Waals surface area contributed by atoms with E-state index in [1.165, 1.54) is 60.7 Å². The molecule has 0 aliphatic rings. The maximum Gasteiger partial charge on any atom is 0.243 e. The monoisotopic (exact) mass is 1380 g/mol. The number of amides is 11. The highest BCUT2D eigenvalue weighted by molar-refractivity contribution is 6.00. The number of hydrogen-bond acceptors (Lipinski definition) is 17. The Morgan fingerprint density at radius 3 is 1.05 bits per heavy atom. The third-order valence-corrected chi connectivity index (χ3v) is 16.2. The normalized spacial score (nSPS) is 14.8. The summed E-state index contributed by atoms with van der Waals surface area (Å²) >= 11 is 0. The topological polar surface area (TPSA) is 564 Å². The zero-order valence-corrected chi connectivity index (χ0v) is 57.7. The fraction of sp³-hybridized carbons (Fsp3) is 0.537. The van der Waals surface area contributed by atoms with Gasteiger partial charge in [-0.3, -0.25) is 62.7 Å². The molecule has 0 radical (unpaired) electrons. The number of aromatic hydroxyl groups is 3. The van der Waals surface area contributed by atoms with Crippen molar-refractivity contribution in [1.82, 2.24) is 47.9 Å². The van der Waals surface area contributed by atoms with Crippen LogP contribution in [0.3, 0.4) is 0 Å². The first kappa shape index (κ1) is 83.0. The molecule has 0 spiro atoms. The Morgan fingerprint density at radius 2 is 0.687 bits per heavy atom. The minimum absolute atomic E-state index is 0.00525. The van der Waals surface area contributed by atoms with Gasteiger partial charge in [-0.1, -0.05) is 105 Å². The number of phenolic OH excluding ortho intramolecular Hbond substituents is 3. The van der Waals surface area contributed by atoms with Gasteiger partial charge in [0.05, 0.1) is 12.5 Å². The second-order valence-corrected chi connectivity index (χ2v) is 25.6. The molecule has 0 saturated heterocycles. The van der Waals surface area contributed by atoms with E-state index in [1.54, 1.807) is 67.5 Å². The summed E-state index contributed by atoms with van der Waals surface area (Å²) in [5.41, 5.74) is 41.4. The molecule has 11 amide bonds. The lowest BCUT2D eigenvalue weighted by atomic mass is 9.95. The van der Waals surface area contributed by atoms with Crippen LogP contribution in [0.1, 0.15) is 130 Å². The minimum Gasteiger partial charge on any atom is -0.508 e. The molecule has 3 rings (SSSR count). The number of carbonyl (C=O) groups is 11. The summed E-state index contributed by atoms with van der Waals surface area (Å²) in [6.45, 7) is 13.9. The maximum atomic E-state index is 14.9. The fourth-order valence-corrected chi connectivity index (χ4v) is 10.3. The smallest absolute Gasteiger partial charge is 0.243 e. The van der Waals surface area contributed by atoms with E-state index < -0.39 is 144 Å². The van der Waals surface area contributed by atoms with Gasteiger partial charge in [-0.25, -0.2) is 0 Å². The summed E-state index contributed by atoms with van der Waals surface area (Å²) in [5.74, 6) is -12.1. The first-order chi connectivity index (χ1) is 46.6. The minimum atomic E-state index is -1.67. The number of nitrogens with zero attached hydrogens (tertiary/aromatic N) is 2. The summed E-state index contributed by atoms with van der Waals surface area (Å²) in [7, 11) is 0. The van der Waals surface area contributed by atoms with Gasteiger partial charge >= 0.3 is 0 Å². The summed E-state index contributed by atoms with van der Waals surface area (Å²) < 4.78 is 0. The molecular weight excluding hydrogens is 1280 g/mol. The third-order valence-electron chi connectivity index (χ3n) is 16.2. The van der Waals surface area contributed by atoms with E-state index in [9.17, 15) is 68.1 Å². The van der Waals surface area contributed by atoms with Crippen LogP contribution in [0.2, 0.25) is 0 Å². The Bertz CT molecular complexity index is 3230. The van der Waals surface area contributed by atoms with Crippen LogP contribution in [0.4, 0.5) is 0 Å². The largest absolute Gasteiger partial charge is 0.508 e. The molecule has 0 aromatic heterocycles. The molecule has 32 heteroatoms. The average Bonchev–Trinajstić information content (AvgIpc) is 0.851. The number of nitrogens with two attached hydrogens (primary N) is 7. The van der Waals surface area contributed by atoms with Crippen molar-refractivity contribution < 1.29 is 68.1 Å². The van der Waals surface area contributed by atoms with E-state index in [0.717, 1.165) is 0 Å². The second kappa shape index (κ2) is 41.7. The zero-order chi connectivity index (χ0) is 74.2. The molecule has 32 nitrogen and oxygen atoms in total. The average molecular weight is 1390 g/mol. The van der Waals surface area contributed by atoms with Gasteiger partial charge in [0.15, 0.2) is 11.9 Å². The van der Waals surface area contributed by atoms with Crippen molar-refractivity contribution in [3.05, 3.63) is 89.5 Å². The molecule has 0 bridgehead atoms. The van der Waals surface area contributed by atoms with Crippen molar-refractivity contribution in [2.24, 2.45) is 73.8 Å². The van der Waals surface area contributed by atoms with E-state index in [4.69, 9.17) is 40.1 Å². The number of carbonyl (C=O) groups excluding carboxylic acids is 11. The number of benzene rings is 3. The fourth-order valence-electron chi connectivity index (χ4n) is 10.3. The summed E-state index contributed by atoms with van der Waals surface area (Å²) in [6, 6.07) is 3.67. The van der Waals surface area contributed by atoms with Gasteiger partial charge in [-0.15, -0.1) is 0 Å². The Labute approximate surface area is 577 Å². The molecule has 0 aliphatic heterocycles. The molecular formula is C67H104N18O14. The number of rotatable bonds is 43. The lowest BCUT2D eigenvalue weighted by Crippen LogP contribution is -2.62. The lowest BCUT2D eigenvalue weighted by Gasteiger charge is -2.30. The second-order valence-electron chi connectivity index (χ2n) is 25.6. The van der Waals surface area contributed by atoms with Crippen molar-refractivity contribution in [2.75, 3.05) is 13.1 Å². The first-order valence-electron chi connectivity index (χ1n) is 33.1. The van der Waals surface area contributed by atoms with Crippen molar-refractivity contribution in [3.8, 4) is 17.2 Å². The van der Waals surface area contributed by atoms with Gasteiger partial charge in [0.25, 0.3) is 0 Å². The van der Waals surface area contributed by atoms with Gasteiger partial charge in [0.1, 0.15) is 71.6 Å². The van der Waals surface area contributed by atoms with Gasteiger partial charge in [-0.2, -0.15) is 0 Å². The Balaban J connectivity index is 2.00. The predicted molar refractivity (Wildman–Crippen MR) is 371 cm³/mol. The molecule has 3 aromatic carbocycles. The molecule has 0 aliphatic carbocycles. The highest BCUT2D eigenvalue weighted by Crippen LogP contribution is 2.19. The van der Waals surface area contributed by atoms with E-state index in [-0.39, 0.29) is 118 Å². The Kier molecular flexibility index (Phi) is 35.0. The number of primary amides is 2. The van der Waals surface area contributed by atoms with Crippen molar-refractivity contribution in [2.45, 2.75) is 193 Å². The number of guanidine groups is 2. The Hall–Kier alpha value is -10.3. The predicted octanol–water partition coefficient (Wildman–Crippen LogP) is -1.83. The van der Waals surface area contributed by atoms with Crippen LogP contribution in [0.25, 0.3) is 0 Å². The molecule has 0 fully saturated rings. The first-order valence-corrected chi connectivity index (χ1v) is 33.1. The van der Waals surface area contributed by atoms with Crippen LogP contribution in [-0.2, 0) is 72.0 Å². The van der Waals surface area contributed by atoms with E-state index in [0.29, 0.717) is 23.1 Å². The zero-order valence-electron chi connectivity index (χ0n) is 57.7. The van der Waals surface area contributed by atoms with Crippen LogP contribution in [0.5, 0.6) is 17.2 Å². The van der Waals surface area contributed by atoms with Crippen molar-refractivity contribution in [1.29, 1.82) is 0 Å². The van der Waals surface area contributed by atoms with Crippen molar-refractivity contribution in [3.63, 3.8) is 0 Å². The van der Waals surface area contributed by atoms with Gasteiger partial charge in [-0.05, 0) is 122 Å². The molecule has 12 atom stereocenters. The molecule has 3 aromatic rings. The molecule has 0 unspecified atom stereocenters. The van der Waals surface area contributed by atoms with E-state index >= 15 is 0 Å². The van der Waals surface area contributed by atoms with Crippen LogP contribution >= 0.6 is 0 Å². The van der Waals surface area contributed by atoms with Gasteiger partial charge < -0.3 is 103 Å². The SMILES string of the molecule is CC[C@H](C)[C@H](NC(=O)[C@H](CC(C)C)NC(=O)[C@H](CC(N)=O)NC(=O)[C@@H](NC(=O)[C@@H](N)Cc1ccc(O)cc1)[C@@H](C)CC)C(=O)N[C@@H](Cc1ccc(O)cc1)C(=O)N[C@@H](CCCN=C(N)N)C(=O)N[C@@H](CC(C)C)C(=O)N[C@@H](CCCN=C(N)N)C(=O)N[C@@H](Cc1ccc(O)cc1)C(N)=O. The van der Waals surface area contributed by atoms with E-state index in [1.807, 2.05) is 0 Å². The number of nitrogens with one attached hydrogen (secondary N) is 9. The lowest BCUT2D eigenvalue weighted by molar-refractivity contribution is -0.137. The van der Waals surface area contributed by atoms with Crippen LogP contribution in [0.15, 0.2) is 82.8 Å². The van der Waals surface area contributed by atoms with Gasteiger partial charge in [0.2, 0.25) is 65.0 Å². The third kappa shape index (κ3) is 30.4. The summed E-state index contributed by atoms with van der Waals surface area (Å²) in [4.78, 5) is 163. The van der Waals surface area contributed by atoms with Crippen molar-refractivity contribution >= 4 is 76.9 Å². The molecule has 0 saturated carbocycles. The highest BCUT2D eigenvalue weighted by Gasteiger charge is 2.38. The Morgan fingerprint density at radius 1 is 0.384 bits per heavy atom. The summed E-state index contributed by atoms with van der Waals surface area (Å²) in [5, 5.41) is 53.7. The standard InChI is InChI=1S/C67H104N18O14/c1-9-37(7)54(84-57(91)45(68)31-39-15-21-42(86)22-16-39)64(98)83-52(34-53(69)89)62(96)81-50(30-36(5)6)63(97)85-55(38(8)10-2)65(99)82-51(33-41-19-25-44(88)26-20-41)61(95)78-47(14-12-28-76-67(73)74)59(93)80-49(29-35(3)4)60(94)77-46(13-11-27-75-66(71)72)58(92)79-48(56(70)90)32-40-17-23-43(87)24-18-40/h15-26,35-38,45-52,54-55,86-88H,9-14,27-34,68H2,1-8H3,(H2,69,89)(H2,70,90)(H,77,94)(H,78,95)(H,79,92)(H,80,93)(H,81,96)(H,82,99)(H,83,98)(H,84,91)(H,85,97)(H4,71,72,75)(H4,73,74,76)/t37-,38-,45-,46-,47-,48-,49-,50-,51-,52-,54-,55-/m0/s1. The van der Waals surface area contributed by atoms with Crippen LogP contribution < -0.4 is 88.0 Å².